The average Bonchev–Trinajstić information content (AvgIpc) is 2.06. The van der Waals surface area contributed by atoms with E-state index in [0.29, 0.717) is 18.9 Å². The summed E-state index contributed by atoms with van der Waals surface area (Å²) in [6.45, 7) is 9.54. The second-order valence-electron chi connectivity index (χ2n) is 5.91. The van der Waals surface area contributed by atoms with Gasteiger partial charge in [0, 0.05) is 19.5 Å². The zero-order chi connectivity index (χ0) is 11.6. The molecule has 1 N–H and O–H groups in total. The zero-order valence-electron chi connectivity index (χ0n) is 10.3. The number of nitrogens with zero attached hydrogens (tertiary/aromatic N) is 1. The Kier molecular flexibility index (Phi) is 3.77. The van der Waals surface area contributed by atoms with E-state index < -0.39 is 0 Å². The van der Waals surface area contributed by atoms with Gasteiger partial charge in [0.2, 0.25) is 5.91 Å². The van der Waals surface area contributed by atoms with Crippen molar-refractivity contribution in [3.8, 4) is 0 Å². The molecule has 0 aliphatic carbocycles. The maximum atomic E-state index is 11.9. The minimum Gasteiger partial charge on any atom is -0.391 e. The fraction of sp³-hybridized carbons (Fsp3) is 0.917. The third-order valence-electron chi connectivity index (χ3n) is 2.95. The monoisotopic (exact) mass is 213 g/mol. The van der Waals surface area contributed by atoms with Crippen LogP contribution in [0.15, 0.2) is 0 Å². The largest absolute Gasteiger partial charge is 0.391 e. The second kappa shape index (κ2) is 4.52. The lowest BCUT2D eigenvalue weighted by Crippen LogP contribution is -2.46. The number of aliphatic hydroxyl groups is 1. The predicted octanol–water partition coefficient (Wildman–Crippen LogP) is 1.65. The summed E-state index contributed by atoms with van der Waals surface area (Å²) >= 11 is 0. The Labute approximate surface area is 92.5 Å². The molecule has 1 saturated heterocycles. The fourth-order valence-corrected chi connectivity index (χ4v) is 1.84. The van der Waals surface area contributed by atoms with Crippen LogP contribution in [-0.4, -0.2) is 35.1 Å². The van der Waals surface area contributed by atoms with Gasteiger partial charge in [-0.25, -0.2) is 0 Å². The Morgan fingerprint density at radius 3 is 2.53 bits per heavy atom. The highest BCUT2D eigenvalue weighted by Crippen LogP contribution is 2.23. The van der Waals surface area contributed by atoms with Gasteiger partial charge in [-0.15, -0.1) is 0 Å². The van der Waals surface area contributed by atoms with Gasteiger partial charge in [0.25, 0.3) is 0 Å². The van der Waals surface area contributed by atoms with Crippen LogP contribution in [0.5, 0.6) is 0 Å². The molecule has 3 nitrogen and oxygen atoms in total. The molecule has 1 rings (SSSR count). The van der Waals surface area contributed by atoms with Gasteiger partial charge in [0.1, 0.15) is 0 Å². The summed E-state index contributed by atoms with van der Waals surface area (Å²) in [5.74, 6) is 0.497. The first-order chi connectivity index (χ1) is 6.79. The van der Waals surface area contributed by atoms with Crippen LogP contribution < -0.4 is 0 Å². The van der Waals surface area contributed by atoms with Crippen LogP contribution >= 0.6 is 0 Å². The van der Waals surface area contributed by atoms with E-state index in [1.165, 1.54) is 0 Å². The molecular formula is C12H23NO2. The number of likely N-dealkylation sites (tertiary alicyclic amines) is 1. The van der Waals surface area contributed by atoms with Crippen molar-refractivity contribution in [2.24, 2.45) is 11.3 Å². The van der Waals surface area contributed by atoms with Crippen molar-refractivity contribution < 1.29 is 9.90 Å². The minimum atomic E-state index is -0.345. The first kappa shape index (κ1) is 12.5. The maximum Gasteiger partial charge on any atom is 0.223 e. The summed E-state index contributed by atoms with van der Waals surface area (Å²) in [6, 6.07) is 0. The van der Waals surface area contributed by atoms with E-state index in [1.54, 1.807) is 4.90 Å². The zero-order valence-corrected chi connectivity index (χ0v) is 10.3. The molecule has 0 aromatic carbocycles. The molecule has 15 heavy (non-hydrogen) atoms. The fourth-order valence-electron chi connectivity index (χ4n) is 1.84. The normalized spacial score (nSPS) is 27.9. The maximum absolute atomic E-state index is 11.9. The lowest BCUT2D eigenvalue weighted by atomic mass is 9.90. The van der Waals surface area contributed by atoms with Gasteiger partial charge >= 0.3 is 0 Å². The van der Waals surface area contributed by atoms with Crippen LogP contribution in [0, 0.1) is 11.3 Å². The van der Waals surface area contributed by atoms with Gasteiger partial charge < -0.3 is 10.0 Å². The first-order valence-electron chi connectivity index (χ1n) is 5.75. The third-order valence-corrected chi connectivity index (χ3v) is 2.95. The van der Waals surface area contributed by atoms with Crippen LogP contribution in [0.3, 0.4) is 0 Å². The number of hydrogen-bond donors (Lipinski definition) is 1. The molecule has 2 unspecified atom stereocenters. The summed E-state index contributed by atoms with van der Waals surface area (Å²) in [6.07, 6.45) is 1.13. The smallest absolute Gasteiger partial charge is 0.223 e. The number of piperidine rings is 1. The molecule has 1 heterocycles. The number of rotatable bonds is 1. The Hall–Kier alpha value is -0.570. The van der Waals surface area contributed by atoms with Crippen molar-refractivity contribution in [2.75, 3.05) is 13.1 Å². The van der Waals surface area contributed by atoms with Crippen molar-refractivity contribution in [1.82, 2.24) is 4.90 Å². The van der Waals surface area contributed by atoms with Crippen molar-refractivity contribution in [2.45, 2.75) is 46.6 Å². The van der Waals surface area contributed by atoms with Gasteiger partial charge in [-0.3, -0.25) is 4.79 Å². The van der Waals surface area contributed by atoms with E-state index in [1.807, 2.05) is 6.92 Å². The number of hydrogen-bond acceptors (Lipinski definition) is 2. The Balaban J connectivity index is 2.48. The molecule has 0 aromatic heterocycles. The van der Waals surface area contributed by atoms with Crippen LogP contribution in [0.1, 0.15) is 40.5 Å². The van der Waals surface area contributed by atoms with Crippen molar-refractivity contribution in [1.29, 1.82) is 0 Å². The highest BCUT2D eigenvalue weighted by Gasteiger charge is 2.28. The minimum absolute atomic E-state index is 0.0328. The lowest BCUT2D eigenvalue weighted by molar-refractivity contribution is -0.137. The van der Waals surface area contributed by atoms with E-state index in [-0.39, 0.29) is 17.4 Å². The summed E-state index contributed by atoms with van der Waals surface area (Å²) in [5.41, 5.74) is 0.0328. The third kappa shape index (κ3) is 3.82. The van der Waals surface area contributed by atoms with Crippen LogP contribution in [-0.2, 0) is 4.79 Å². The predicted molar refractivity (Wildman–Crippen MR) is 60.4 cm³/mol. The van der Waals surface area contributed by atoms with Crippen molar-refractivity contribution in [3.05, 3.63) is 0 Å². The van der Waals surface area contributed by atoms with E-state index in [0.717, 1.165) is 13.0 Å². The van der Waals surface area contributed by atoms with Crippen molar-refractivity contribution in [3.63, 3.8) is 0 Å². The number of amides is 1. The molecule has 1 amide bonds. The Bertz CT molecular complexity index is 232. The quantitative estimate of drug-likeness (QED) is 0.719. The molecule has 1 fully saturated rings. The van der Waals surface area contributed by atoms with Crippen LogP contribution in [0.2, 0.25) is 0 Å². The molecular weight excluding hydrogens is 190 g/mol. The first-order valence-corrected chi connectivity index (χ1v) is 5.75. The highest BCUT2D eigenvalue weighted by molar-refractivity contribution is 5.76. The standard InChI is InChI=1S/C12H23NO2/c1-9-5-6-13(8-10(9)14)11(15)7-12(2,3)4/h9-10,14H,5-8H2,1-4H3. The van der Waals surface area contributed by atoms with E-state index in [2.05, 4.69) is 20.8 Å². The molecule has 0 radical (unpaired) electrons. The summed E-state index contributed by atoms with van der Waals surface area (Å²) < 4.78 is 0. The van der Waals surface area contributed by atoms with E-state index in [9.17, 15) is 9.90 Å². The lowest BCUT2D eigenvalue weighted by Gasteiger charge is -2.35. The summed E-state index contributed by atoms with van der Waals surface area (Å²) in [5, 5.41) is 9.70. The molecule has 0 saturated carbocycles. The van der Waals surface area contributed by atoms with Crippen molar-refractivity contribution >= 4 is 5.91 Å². The van der Waals surface area contributed by atoms with Gasteiger partial charge in [-0.2, -0.15) is 0 Å². The van der Waals surface area contributed by atoms with E-state index in [4.69, 9.17) is 0 Å². The van der Waals surface area contributed by atoms with Gasteiger partial charge in [-0.1, -0.05) is 27.7 Å². The molecule has 1 aliphatic heterocycles. The molecule has 2 atom stereocenters. The number of carbonyl (C=O) groups excluding carboxylic acids is 1. The SMILES string of the molecule is CC1CCN(C(=O)CC(C)(C)C)CC1O. The van der Waals surface area contributed by atoms with Gasteiger partial charge in [-0.05, 0) is 17.8 Å². The average molecular weight is 213 g/mol. The Morgan fingerprint density at radius 2 is 2.07 bits per heavy atom. The molecule has 0 bridgehead atoms. The second-order valence-corrected chi connectivity index (χ2v) is 5.91. The molecule has 1 aliphatic rings. The molecule has 0 spiro atoms. The van der Waals surface area contributed by atoms with E-state index >= 15 is 0 Å². The highest BCUT2D eigenvalue weighted by atomic mass is 16.3. The summed E-state index contributed by atoms with van der Waals surface area (Å²) in [7, 11) is 0. The van der Waals surface area contributed by atoms with Crippen LogP contribution in [0.25, 0.3) is 0 Å². The number of aliphatic hydroxyl groups excluding tert-OH is 1. The molecule has 0 aromatic rings. The topological polar surface area (TPSA) is 40.5 Å². The number of β-amino-alcohol motifs (C(OH)–C–C–N with tert-alkyl or cyclic N) is 1. The molecule has 3 heteroatoms. The van der Waals surface area contributed by atoms with Gasteiger partial charge in [0.15, 0.2) is 0 Å². The number of carbonyl (C=O) groups is 1. The van der Waals surface area contributed by atoms with Crippen LogP contribution in [0.4, 0.5) is 0 Å². The summed E-state index contributed by atoms with van der Waals surface area (Å²) in [4.78, 5) is 13.7. The molecule has 88 valence electrons. The Morgan fingerprint density at radius 1 is 1.47 bits per heavy atom. The van der Waals surface area contributed by atoms with Gasteiger partial charge in [0.05, 0.1) is 6.10 Å².